The molecule has 18 heavy (non-hydrogen) atoms. The number of hydrogen-bond acceptors (Lipinski definition) is 5. The lowest BCUT2D eigenvalue weighted by Gasteiger charge is -2.11. The van der Waals surface area contributed by atoms with Crippen molar-refractivity contribution < 1.29 is 19.3 Å². The molecule has 1 heterocycles. The molecule has 0 saturated heterocycles. The van der Waals surface area contributed by atoms with E-state index in [1.807, 2.05) is 6.92 Å². The fourth-order valence-electron chi connectivity index (χ4n) is 1.45. The Hall–Kier alpha value is -1.17. The van der Waals surface area contributed by atoms with Crippen LogP contribution in [0, 0.1) is 0 Å². The summed E-state index contributed by atoms with van der Waals surface area (Å²) in [6, 6.07) is 1.78. The summed E-state index contributed by atoms with van der Waals surface area (Å²) in [5.41, 5.74) is 0.770. The lowest BCUT2D eigenvalue weighted by atomic mass is 10.1. The quantitative estimate of drug-likeness (QED) is 0.539. The smallest absolute Gasteiger partial charge is 0.189 e. The Morgan fingerprint density at radius 1 is 1.33 bits per heavy atom. The molecule has 5 nitrogen and oxygen atoms in total. The lowest BCUT2D eigenvalue weighted by molar-refractivity contribution is -0.00874. The molecule has 0 aliphatic rings. The molecule has 0 amide bonds. The Balaban J connectivity index is 2.39. The standard InChI is InChI=1S/C13H21NO4/c1-3-4-13(15)11-7-12(9-14-8-11)18-10-17-6-5-16-2/h7-9,13,15H,3-6,10H2,1-2H3. The van der Waals surface area contributed by atoms with Crippen molar-refractivity contribution in [2.45, 2.75) is 25.9 Å². The van der Waals surface area contributed by atoms with Gasteiger partial charge in [-0.25, -0.2) is 0 Å². The first-order valence-electron chi connectivity index (χ1n) is 6.10. The van der Waals surface area contributed by atoms with Gasteiger partial charge in [-0.1, -0.05) is 13.3 Å². The van der Waals surface area contributed by atoms with E-state index in [2.05, 4.69) is 4.98 Å². The maximum atomic E-state index is 9.84. The molecule has 1 N–H and O–H groups in total. The summed E-state index contributed by atoms with van der Waals surface area (Å²) in [5, 5.41) is 9.84. The first-order valence-corrected chi connectivity index (χ1v) is 6.10. The monoisotopic (exact) mass is 255 g/mol. The molecule has 0 aliphatic carbocycles. The predicted molar refractivity (Wildman–Crippen MR) is 67.4 cm³/mol. The number of aliphatic hydroxyl groups excluding tert-OH is 1. The molecule has 0 fully saturated rings. The summed E-state index contributed by atoms with van der Waals surface area (Å²) < 4.78 is 15.4. The number of rotatable bonds is 9. The van der Waals surface area contributed by atoms with Crippen LogP contribution in [0.3, 0.4) is 0 Å². The second kappa shape index (κ2) is 8.85. The SMILES string of the molecule is CCCC(O)c1cncc(OCOCCOC)c1. The lowest BCUT2D eigenvalue weighted by Crippen LogP contribution is -2.08. The molecule has 0 aliphatic heterocycles. The minimum atomic E-state index is -0.486. The zero-order valence-corrected chi connectivity index (χ0v) is 11.0. The first kappa shape index (κ1) is 14.9. The van der Waals surface area contributed by atoms with E-state index in [0.717, 1.165) is 18.4 Å². The summed E-state index contributed by atoms with van der Waals surface area (Å²) in [4.78, 5) is 4.04. The van der Waals surface area contributed by atoms with E-state index in [1.165, 1.54) is 0 Å². The van der Waals surface area contributed by atoms with Gasteiger partial charge in [-0.3, -0.25) is 4.98 Å². The number of methoxy groups -OCH3 is 1. The van der Waals surface area contributed by atoms with Gasteiger partial charge < -0.3 is 19.3 Å². The molecular weight excluding hydrogens is 234 g/mol. The van der Waals surface area contributed by atoms with Crippen LogP contribution in [-0.2, 0) is 9.47 Å². The zero-order valence-electron chi connectivity index (χ0n) is 11.0. The molecule has 1 rings (SSSR count). The van der Waals surface area contributed by atoms with Crippen LogP contribution < -0.4 is 4.74 Å². The Bertz CT molecular complexity index is 333. The first-order chi connectivity index (χ1) is 8.77. The van der Waals surface area contributed by atoms with E-state index in [-0.39, 0.29) is 6.79 Å². The summed E-state index contributed by atoms with van der Waals surface area (Å²) >= 11 is 0. The number of hydrogen-bond donors (Lipinski definition) is 1. The summed E-state index contributed by atoms with van der Waals surface area (Å²) in [6.07, 6.45) is 4.41. The van der Waals surface area contributed by atoms with Gasteiger partial charge in [0.05, 0.1) is 25.5 Å². The van der Waals surface area contributed by atoms with Gasteiger partial charge in [0.1, 0.15) is 5.75 Å². The molecule has 0 radical (unpaired) electrons. The molecule has 1 aromatic rings. The van der Waals surface area contributed by atoms with Crippen LogP contribution >= 0.6 is 0 Å². The van der Waals surface area contributed by atoms with E-state index in [0.29, 0.717) is 19.0 Å². The highest BCUT2D eigenvalue weighted by atomic mass is 16.7. The summed E-state index contributed by atoms with van der Waals surface area (Å²) in [6.45, 7) is 3.21. The molecule has 0 spiro atoms. The molecule has 5 heteroatoms. The van der Waals surface area contributed by atoms with Gasteiger partial charge in [0.25, 0.3) is 0 Å². The van der Waals surface area contributed by atoms with Crippen LogP contribution in [0.5, 0.6) is 5.75 Å². The van der Waals surface area contributed by atoms with Gasteiger partial charge in [-0.2, -0.15) is 0 Å². The van der Waals surface area contributed by atoms with Gasteiger partial charge in [0, 0.05) is 18.9 Å². The van der Waals surface area contributed by atoms with Crippen molar-refractivity contribution in [3.63, 3.8) is 0 Å². The highest BCUT2D eigenvalue weighted by Gasteiger charge is 2.07. The number of ether oxygens (including phenoxy) is 3. The van der Waals surface area contributed by atoms with Gasteiger partial charge in [0.15, 0.2) is 6.79 Å². The van der Waals surface area contributed by atoms with Gasteiger partial charge >= 0.3 is 0 Å². The Labute approximate surface area is 108 Å². The van der Waals surface area contributed by atoms with Crippen molar-refractivity contribution in [3.05, 3.63) is 24.0 Å². The molecule has 1 atom stereocenters. The average Bonchev–Trinajstić information content (AvgIpc) is 2.39. The number of aliphatic hydroxyl groups is 1. The molecule has 0 saturated carbocycles. The van der Waals surface area contributed by atoms with Crippen LogP contribution in [-0.4, -0.2) is 37.2 Å². The fraction of sp³-hybridized carbons (Fsp3) is 0.615. The predicted octanol–water partition coefficient (Wildman–Crippen LogP) is 1.91. The Morgan fingerprint density at radius 2 is 2.17 bits per heavy atom. The maximum Gasteiger partial charge on any atom is 0.189 e. The molecule has 0 aromatic carbocycles. The van der Waals surface area contributed by atoms with Crippen molar-refractivity contribution in [1.82, 2.24) is 4.98 Å². The van der Waals surface area contributed by atoms with E-state index in [9.17, 15) is 5.11 Å². The molecule has 1 unspecified atom stereocenters. The molecular formula is C13H21NO4. The van der Waals surface area contributed by atoms with Gasteiger partial charge in [-0.15, -0.1) is 0 Å². The van der Waals surface area contributed by atoms with Crippen LogP contribution in [0.15, 0.2) is 18.5 Å². The topological polar surface area (TPSA) is 60.8 Å². The van der Waals surface area contributed by atoms with E-state index >= 15 is 0 Å². The van der Waals surface area contributed by atoms with Crippen molar-refractivity contribution in [3.8, 4) is 5.75 Å². The van der Waals surface area contributed by atoms with Crippen LogP contribution in [0.25, 0.3) is 0 Å². The van der Waals surface area contributed by atoms with Crippen molar-refractivity contribution >= 4 is 0 Å². The Kier molecular flexibility index (Phi) is 7.32. The van der Waals surface area contributed by atoms with Crippen molar-refractivity contribution in [1.29, 1.82) is 0 Å². The minimum absolute atomic E-state index is 0.151. The summed E-state index contributed by atoms with van der Waals surface area (Å²) in [5.74, 6) is 0.597. The second-order valence-corrected chi connectivity index (χ2v) is 3.92. The fourth-order valence-corrected chi connectivity index (χ4v) is 1.45. The van der Waals surface area contributed by atoms with Crippen molar-refractivity contribution in [2.75, 3.05) is 27.1 Å². The van der Waals surface area contributed by atoms with Gasteiger partial charge in [0.2, 0.25) is 0 Å². The molecule has 0 bridgehead atoms. The van der Waals surface area contributed by atoms with E-state index in [4.69, 9.17) is 14.2 Å². The minimum Gasteiger partial charge on any atom is -0.466 e. The Morgan fingerprint density at radius 3 is 2.89 bits per heavy atom. The number of aromatic nitrogens is 1. The second-order valence-electron chi connectivity index (χ2n) is 3.92. The summed E-state index contributed by atoms with van der Waals surface area (Å²) in [7, 11) is 1.62. The van der Waals surface area contributed by atoms with E-state index in [1.54, 1.807) is 25.6 Å². The van der Waals surface area contributed by atoms with Gasteiger partial charge in [-0.05, 0) is 12.5 Å². The van der Waals surface area contributed by atoms with Crippen LogP contribution in [0.1, 0.15) is 31.4 Å². The highest BCUT2D eigenvalue weighted by molar-refractivity contribution is 5.24. The molecule has 102 valence electrons. The zero-order chi connectivity index (χ0) is 13.2. The average molecular weight is 255 g/mol. The highest BCUT2D eigenvalue weighted by Crippen LogP contribution is 2.21. The molecule has 1 aromatic heterocycles. The normalized spacial score (nSPS) is 12.4. The third kappa shape index (κ3) is 5.44. The largest absolute Gasteiger partial charge is 0.466 e. The van der Waals surface area contributed by atoms with Crippen molar-refractivity contribution in [2.24, 2.45) is 0 Å². The number of nitrogens with zero attached hydrogens (tertiary/aromatic N) is 1. The third-order valence-corrected chi connectivity index (χ3v) is 2.42. The van der Waals surface area contributed by atoms with E-state index < -0.39 is 6.10 Å². The third-order valence-electron chi connectivity index (χ3n) is 2.42. The number of pyridine rings is 1. The van der Waals surface area contributed by atoms with Crippen LogP contribution in [0.2, 0.25) is 0 Å². The van der Waals surface area contributed by atoms with Crippen LogP contribution in [0.4, 0.5) is 0 Å². The maximum absolute atomic E-state index is 9.84.